The Bertz CT molecular complexity index is 558. The number of benzene rings is 1. The number of amides is 1. The second-order valence-electron chi connectivity index (χ2n) is 4.83. The van der Waals surface area contributed by atoms with Gasteiger partial charge in [0.15, 0.2) is 0 Å². The van der Waals surface area contributed by atoms with Gasteiger partial charge in [0, 0.05) is 11.0 Å². The van der Waals surface area contributed by atoms with E-state index in [9.17, 15) is 13.2 Å². The molecule has 1 aromatic carbocycles. The van der Waals surface area contributed by atoms with Gasteiger partial charge >= 0.3 is 0 Å². The van der Waals surface area contributed by atoms with Crippen molar-refractivity contribution in [2.24, 2.45) is 0 Å². The first-order valence-corrected chi connectivity index (χ1v) is 7.40. The highest BCUT2D eigenvalue weighted by Crippen LogP contribution is 2.31. The van der Waals surface area contributed by atoms with Gasteiger partial charge in [-0.25, -0.2) is 13.1 Å². The van der Waals surface area contributed by atoms with Crippen molar-refractivity contribution in [3.63, 3.8) is 0 Å². The second-order valence-corrected chi connectivity index (χ2v) is 6.58. The van der Waals surface area contributed by atoms with Crippen LogP contribution in [-0.4, -0.2) is 33.8 Å². The average molecular weight is 269 g/mol. The Balaban J connectivity index is 2.15. The Kier molecular flexibility index (Phi) is 3.16. The topological polar surface area (TPSA) is 72.5 Å². The maximum absolute atomic E-state index is 11.6. The summed E-state index contributed by atoms with van der Waals surface area (Å²) >= 11 is 0. The Morgan fingerprint density at radius 1 is 1.28 bits per heavy atom. The van der Waals surface area contributed by atoms with Gasteiger partial charge in [-0.3, -0.25) is 4.79 Å². The third-order valence-corrected chi connectivity index (χ3v) is 3.52. The van der Waals surface area contributed by atoms with Crippen LogP contribution in [-0.2, 0) is 20.2 Å². The van der Waals surface area contributed by atoms with Gasteiger partial charge in [0.2, 0.25) is 10.0 Å². The molecular formula is C12H15NO4S. The van der Waals surface area contributed by atoms with E-state index in [0.717, 1.165) is 11.8 Å². The molecule has 6 heteroatoms. The van der Waals surface area contributed by atoms with Crippen LogP contribution >= 0.6 is 0 Å². The molecule has 5 nitrogen and oxygen atoms in total. The molecule has 98 valence electrons. The van der Waals surface area contributed by atoms with E-state index < -0.39 is 15.9 Å². The molecule has 0 aliphatic carbocycles. The fourth-order valence-corrected chi connectivity index (χ4v) is 2.28. The van der Waals surface area contributed by atoms with E-state index >= 15 is 0 Å². The molecule has 1 N–H and O–H groups in total. The fraction of sp³-hybridized carbons (Fsp3) is 0.417. The number of carbonyl (C=O) groups excluding carboxylic acids is 1. The van der Waals surface area contributed by atoms with Crippen LogP contribution in [0.5, 0.6) is 0 Å². The summed E-state index contributed by atoms with van der Waals surface area (Å²) in [6.07, 6.45) is 0.950. The molecule has 0 unspecified atom stereocenters. The third-order valence-electron chi connectivity index (χ3n) is 2.96. The number of hydrogen-bond acceptors (Lipinski definition) is 4. The number of sulfonamides is 1. The molecule has 0 bridgehead atoms. The minimum absolute atomic E-state index is 0.00579. The summed E-state index contributed by atoms with van der Waals surface area (Å²) in [5.74, 6) is -0.612. The van der Waals surface area contributed by atoms with Gasteiger partial charge in [-0.15, -0.1) is 0 Å². The van der Waals surface area contributed by atoms with Crippen molar-refractivity contribution in [2.75, 3.05) is 19.5 Å². The van der Waals surface area contributed by atoms with E-state index in [1.165, 1.54) is 0 Å². The predicted molar refractivity (Wildman–Crippen MR) is 66.9 cm³/mol. The monoisotopic (exact) mass is 269 g/mol. The lowest BCUT2D eigenvalue weighted by atomic mass is 9.80. The van der Waals surface area contributed by atoms with Crippen LogP contribution in [0.3, 0.4) is 0 Å². The third kappa shape index (κ3) is 2.70. The van der Waals surface area contributed by atoms with Gasteiger partial charge < -0.3 is 4.74 Å². The largest absolute Gasteiger partial charge is 0.379 e. The van der Waals surface area contributed by atoms with Crippen LogP contribution in [0.1, 0.15) is 22.8 Å². The van der Waals surface area contributed by atoms with E-state index in [4.69, 9.17) is 4.74 Å². The number of nitrogens with one attached hydrogen (secondary N) is 1. The zero-order valence-corrected chi connectivity index (χ0v) is 11.1. The maximum atomic E-state index is 11.6. The number of carbonyl (C=O) groups is 1. The van der Waals surface area contributed by atoms with Gasteiger partial charge in [-0.2, -0.15) is 0 Å². The highest BCUT2D eigenvalue weighted by atomic mass is 32.2. The molecule has 1 heterocycles. The van der Waals surface area contributed by atoms with Crippen LogP contribution < -0.4 is 4.72 Å². The lowest BCUT2D eigenvalue weighted by molar-refractivity contribution is -0.0500. The van der Waals surface area contributed by atoms with Crippen LogP contribution in [0.4, 0.5) is 0 Å². The lowest BCUT2D eigenvalue weighted by Gasteiger charge is -2.38. The molecule has 0 spiro atoms. The zero-order chi connectivity index (χ0) is 13.4. The second kappa shape index (κ2) is 4.37. The minimum Gasteiger partial charge on any atom is -0.379 e. The molecule has 1 aliphatic rings. The van der Waals surface area contributed by atoms with Crippen LogP contribution in [0.25, 0.3) is 0 Å². The maximum Gasteiger partial charge on any atom is 0.264 e. The van der Waals surface area contributed by atoms with Crippen molar-refractivity contribution in [2.45, 2.75) is 12.3 Å². The standard InChI is InChI=1S/C12H15NO4S/c1-12(7-17-8-12)10-5-3-9(4-6-10)11(14)13-18(2,15)16/h3-6H,7-8H2,1-2H3,(H,13,14). The molecule has 2 rings (SSSR count). The first kappa shape index (κ1) is 13.0. The van der Waals surface area contributed by atoms with Gasteiger partial charge in [0.05, 0.1) is 19.5 Å². The molecule has 0 atom stereocenters. The summed E-state index contributed by atoms with van der Waals surface area (Å²) in [7, 11) is -3.52. The predicted octanol–water partition coefficient (Wildman–Crippen LogP) is 0.664. The molecular weight excluding hydrogens is 254 g/mol. The first-order valence-electron chi connectivity index (χ1n) is 5.51. The van der Waals surface area contributed by atoms with E-state index in [0.29, 0.717) is 18.8 Å². The van der Waals surface area contributed by atoms with Crippen molar-refractivity contribution < 1.29 is 17.9 Å². The Morgan fingerprint density at radius 3 is 2.22 bits per heavy atom. The van der Waals surface area contributed by atoms with Crippen LogP contribution in [0.15, 0.2) is 24.3 Å². The molecule has 1 saturated heterocycles. The molecule has 0 radical (unpaired) electrons. The normalized spacial score (nSPS) is 17.9. The number of hydrogen-bond donors (Lipinski definition) is 1. The zero-order valence-electron chi connectivity index (χ0n) is 10.3. The summed E-state index contributed by atoms with van der Waals surface area (Å²) in [6, 6.07) is 6.91. The Morgan fingerprint density at radius 2 is 1.83 bits per heavy atom. The molecule has 0 saturated carbocycles. The van der Waals surface area contributed by atoms with E-state index in [1.54, 1.807) is 12.1 Å². The van der Waals surface area contributed by atoms with Crippen molar-refractivity contribution in [3.05, 3.63) is 35.4 Å². The summed E-state index contributed by atoms with van der Waals surface area (Å²) < 4.78 is 29.0. The SMILES string of the molecule is CC1(c2ccc(C(=O)NS(C)(=O)=O)cc2)COC1. The Labute approximate surface area is 106 Å². The van der Waals surface area contributed by atoms with Crippen LogP contribution in [0, 0.1) is 0 Å². The van der Waals surface area contributed by atoms with Gasteiger partial charge in [-0.1, -0.05) is 19.1 Å². The number of rotatable bonds is 3. The molecule has 1 fully saturated rings. The quantitative estimate of drug-likeness (QED) is 0.875. The van der Waals surface area contributed by atoms with Crippen molar-refractivity contribution in [1.82, 2.24) is 4.72 Å². The molecule has 1 amide bonds. The highest BCUT2D eigenvalue weighted by molar-refractivity contribution is 7.89. The van der Waals surface area contributed by atoms with Crippen molar-refractivity contribution in [1.29, 1.82) is 0 Å². The summed E-state index contributed by atoms with van der Waals surface area (Å²) in [5, 5.41) is 0. The molecule has 18 heavy (non-hydrogen) atoms. The average Bonchev–Trinajstić information content (AvgIpc) is 2.24. The Hall–Kier alpha value is -1.40. The molecule has 1 aromatic rings. The highest BCUT2D eigenvalue weighted by Gasteiger charge is 2.35. The summed E-state index contributed by atoms with van der Waals surface area (Å²) in [4.78, 5) is 11.6. The van der Waals surface area contributed by atoms with E-state index in [2.05, 4.69) is 6.92 Å². The fourth-order valence-electron chi connectivity index (χ4n) is 1.83. The first-order chi connectivity index (χ1) is 8.30. The van der Waals surface area contributed by atoms with Gasteiger partial charge in [-0.05, 0) is 17.7 Å². The minimum atomic E-state index is -3.52. The molecule has 1 aliphatic heterocycles. The molecule has 0 aromatic heterocycles. The smallest absolute Gasteiger partial charge is 0.264 e. The van der Waals surface area contributed by atoms with E-state index in [1.807, 2.05) is 16.9 Å². The number of ether oxygens (including phenoxy) is 1. The van der Waals surface area contributed by atoms with Crippen LogP contribution in [0.2, 0.25) is 0 Å². The van der Waals surface area contributed by atoms with Gasteiger partial charge in [0.1, 0.15) is 0 Å². The summed E-state index contributed by atoms with van der Waals surface area (Å²) in [6.45, 7) is 3.42. The van der Waals surface area contributed by atoms with E-state index in [-0.39, 0.29) is 5.41 Å². The van der Waals surface area contributed by atoms with Crippen molar-refractivity contribution in [3.8, 4) is 0 Å². The summed E-state index contributed by atoms with van der Waals surface area (Å²) in [5.41, 5.74) is 1.42. The van der Waals surface area contributed by atoms with Crippen molar-refractivity contribution >= 4 is 15.9 Å². The van der Waals surface area contributed by atoms with Gasteiger partial charge in [0.25, 0.3) is 5.91 Å². The lowest BCUT2D eigenvalue weighted by Crippen LogP contribution is -2.43.